The number of amides is 1. The number of nitrogen functional groups attached to an aromatic ring is 1. The van der Waals surface area contributed by atoms with Crippen molar-refractivity contribution in [2.45, 2.75) is 6.29 Å². The van der Waals surface area contributed by atoms with E-state index in [4.69, 9.17) is 5.73 Å². The van der Waals surface area contributed by atoms with Crippen LogP contribution in [0, 0.1) is 0 Å². The van der Waals surface area contributed by atoms with Gasteiger partial charge in [0.05, 0.1) is 0 Å². The van der Waals surface area contributed by atoms with Gasteiger partial charge in [-0.15, -0.1) is 0 Å². The largest absolute Gasteiger partial charge is 0.384 e. The third-order valence-corrected chi connectivity index (χ3v) is 3.81. The molecule has 0 bridgehead atoms. The molecular weight excluding hydrogens is 316 g/mol. The summed E-state index contributed by atoms with van der Waals surface area (Å²) in [6.45, 7) is 0. The fourth-order valence-corrected chi connectivity index (χ4v) is 2.54. The van der Waals surface area contributed by atoms with E-state index < -0.39 is 6.29 Å². The average molecular weight is 331 g/mol. The van der Waals surface area contributed by atoms with Gasteiger partial charge in [0, 0.05) is 29.0 Å². The van der Waals surface area contributed by atoms with Crippen molar-refractivity contribution in [2.24, 2.45) is 10.1 Å². The van der Waals surface area contributed by atoms with Crippen molar-refractivity contribution < 1.29 is 9.16 Å². The van der Waals surface area contributed by atoms with E-state index in [1.807, 2.05) is 42.6 Å². The highest BCUT2D eigenvalue weighted by molar-refractivity contribution is 5.94. The van der Waals surface area contributed by atoms with Gasteiger partial charge in [-0.25, -0.2) is 4.98 Å². The highest BCUT2D eigenvalue weighted by atomic mass is 16.2. The molecule has 7 heteroatoms. The minimum Gasteiger partial charge on any atom is -0.384 e. The molecular formula is C18H15N6O+. The number of nitrogens with one attached hydrogen (secondary N) is 1. The van der Waals surface area contributed by atoms with Crippen LogP contribution in [0.3, 0.4) is 0 Å². The van der Waals surface area contributed by atoms with E-state index in [1.54, 1.807) is 28.8 Å². The van der Waals surface area contributed by atoms with Crippen LogP contribution in [0.1, 0.15) is 10.4 Å². The van der Waals surface area contributed by atoms with Crippen molar-refractivity contribution in [3.05, 3.63) is 78.0 Å². The van der Waals surface area contributed by atoms with Gasteiger partial charge in [0.1, 0.15) is 12.0 Å². The Balaban J connectivity index is 1.59. The van der Waals surface area contributed by atoms with Crippen LogP contribution in [0.5, 0.6) is 0 Å². The summed E-state index contributed by atoms with van der Waals surface area (Å²) in [7, 11) is 0. The fraction of sp³-hybridized carbons (Fsp3) is 0.0556. The predicted molar refractivity (Wildman–Crippen MR) is 91.0 cm³/mol. The lowest BCUT2D eigenvalue weighted by molar-refractivity contribution is -0.559. The van der Waals surface area contributed by atoms with Crippen LogP contribution in [0.25, 0.3) is 11.1 Å². The molecule has 1 aliphatic rings. The normalized spacial score (nSPS) is 15.0. The summed E-state index contributed by atoms with van der Waals surface area (Å²) in [5.41, 5.74) is 8.72. The molecule has 0 fully saturated rings. The number of nitrogens with two attached hydrogens (primary N) is 1. The van der Waals surface area contributed by atoms with Crippen molar-refractivity contribution in [2.75, 3.05) is 5.73 Å². The maximum absolute atomic E-state index is 12.2. The van der Waals surface area contributed by atoms with Gasteiger partial charge >= 0.3 is 11.8 Å². The first-order chi connectivity index (χ1) is 12.2. The van der Waals surface area contributed by atoms with E-state index in [-0.39, 0.29) is 5.91 Å². The number of aromatic nitrogens is 2. The smallest absolute Gasteiger partial charge is 0.347 e. The van der Waals surface area contributed by atoms with Gasteiger partial charge in [0.25, 0.3) is 5.91 Å². The number of hydrogen-bond donors (Lipinski definition) is 2. The summed E-state index contributed by atoms with van der Waals surface area (Å²) in [5.74, 6) is 0.260. The summed E-state index contributed by atoms with van der Waals surface area (Å²) in [4.78, 5) is 20.7. The van der Waals surface area contributed by atoms with Crippen LogP contribution >= 0.6 is 0 Å². The fourth-order valence-electron chi connectivity index (χ4n) is 2.54. The molecule has 3 heterocycles. The Kier molecular flexibility index (Phi) is 3.66. The quantitative estimate of drug-likeness (QED) is 0.700. The van der Waals surface area contributed by atoms with Crippen LogP contribution in [-0.4, -0.2) is 17.2 Å². The van der Waals surface area contributed by atoms with Gasteiger partial charge in [0.15, 0.2) is 0 Å². The Morgan fingerprint density at radius 3 is 2.60 bits per heavy atom. The number of carbonyl (C=O) groups is 1. The first kappa shape index (κ1) is 14.9. The Labute approximate surface area is 143 Å². The third-order valence-electron chi connectivity index (χ3n) is 3.81. The van der Waals surface area contributed by atoms with Gasteiger partial charge in [-0.3, -0.25) is 10.1 Å². The van der Waals surface area contributed by atoms with Crippen molar-refractivity contribution in [1.29, 1.82) is 0 Å². The van der Waals surface area contributed by atoms with Crippen molar-refractivity contribution in [1.82, 2.24) is 10.3 Å². The monoisotopic (exact) mass is 331 g/mol. The number of carbonyl (C=O) groups excluding carboxylic acids is 1. The summed E-state index contributed by atoms with van der Waals surface area (Å²) in [5, 5.41) is 7.18. The molecule has 122 valence electrons. The van der Waals surface area contributed by atoms with E-state index >= 15 is 0 Å². The lowest BCUT2D eigenvalue weighted by Gasteiger charge is -2.01. The Bertz CT molecular complexity index is 1050. The average Bonchev–Trinajstić information content (AvgIpc) is 3.04. The second kappa shape index (κ2) is 6.12. The molecule has 0 saturated carbocycles. The Hall–Kier alpha value is -3.61. The zero-order valence-electron chi connectivity index (χ0n) is 13.2. The minimum absolute atomic E-state index is 0.213. The molecule has 0 saturated heterocycles. The third kappa shape index (κ3) is 3.07. The zero-order chi connectivity index (χ0) is 17.2. The second-order valence-corrected chi connectivity index (χ2v) is 5.55. The summed E-state index contributed by atoms with van der Waals surface area (Å²) in [6.07, 6.45) is 2.91. The molecule has 1 aromatic carbocycles. The highest BCUT2D eigenvalue weighted by Gasteiger charge is 2.23. The Morgan fingerprint density at radius 2 is 1.84 bits per heavy atom. The van der Waals surface area contributed by atoms with Crippen LogP contribution in [0.15, 0.2) is 77.1 Å². The standard InChI is InChI=1S/C18H14N6O/c19-15-8-6-13(10-20-15)14-7-9-16-21-18(23-24(16)11-14)22-17(25)12-4-2-1-3-5-12/h1-11,18H,(H2-,19,20,22,23,25)/p+1. The van der Waals surface area contributed by atoms with E-state index in [0.717, 1.165) is 11.1 Å². The number of pyridine rings is 2. The van der Waals surface area contributed by atoms with Crippen LogP contribution < -0.4 is 20.9 Å². The second-order valence-electron chi connectivity index (χ2n) is 5.55. The highest BCUT2D eigenvalue weighted by Crippen LogP contribution is 2.16. The number of fused-ring (bicyclic) bond motifs is 1. The predicted octanol–water partition coefficient (Wildman–Crippen LogP) is 0.997. The summed E-state index contributed by atoms with van der Waals surface area (Å²) in [6, 6.07) is 16.4. The molecule has 2 aromatic heterocycles. The summed E-state index contributed by atoms with van der Waals surface area (Å²) < 4.78 is 1.65. The number of nitrogens with zero attached hydrogens (tertiary/aromatic N) is 4. The molecule has 3 N–H and O–H groups in total. The van der Waals surface area contributed by atoms with E-state index in [2.05, 4.69) is 20.4 Å². The number of hydrogen-bond acceptors (Lipinski definition) is 5. The first-order valence-corrected chi connectivity index (χ1v) is 7.74. The van der Waals surface area contributed by atoms with E-state index in [9.17, 15) is 4.79 Å². The number of benzene rings is 1. The summed E-state index contributed by atoms with van der Waals surface area (Å²) >= 11 is 0. The van der Waals surface area contributed by atoms with Gasteiger partial charge < -0.3 is 5.73 Å². The molecule has 3 aromatic rings. The van der Waals surface area contributed by atoms with Gasteiger partial charge in [0.2, 0.25) is 0 Å². The van der Waals surface area contributed by atoms with Crippen molar-refractivity contribution >= 4 is 11.7 Å². The SMILES string of the molecule is Nc1ccc(-c2ccc3[n+](c2)=NC(NC(=O)c2ccccc2)N=3)cn1. The molecule has 1 amide bonds. The molecule has 4 rings (SSSR count). The molecule has 1 atom stereocenters. The first-order valence-electron chi connectivity index (χ1n) is 7.74. The van der Waals surface area contributed by atoms with Gasteiger partial charge in [-0.1, -0.05) is 22.6 Å². The number of anilines is 1. The molecule has 0 radical (unpaired) electrons. The topological polar surface area (TPSA) is 98.6 Å². The zero-order valence-corrected chi connectivity index (χ0v) is 13.2. The molecule has 0 aliphatic carbocycles. The Morgan fingerprint density at radius 1 is 1.04 bits per heavy atom. The molecule has 0 spiro atoms. The maximum atomic E-state index is 12.2. The molecule has 1 aliphatic heterocycles. The van der Waals surface area contributed by atoms with E-state index in [1.165, 1.54) is 0 Å². The maximum Gasteiger partial charge on any atom is 0.347 e. The van der Waals surface area contributed by atoms with E-state index in [0.29, 0.717) is 16.9 Å². The van der Waals surface area contributed by atoms with Gasteiger partial charge in [-0.05, 0) is 40.4 Å². The molecule has 25 heavy (non-hydrogen) atoms. The van der Waals surface area contributed by atoms with Crippen LogP contribution in [0.4, 0.5) is 5.82 Å². The lowest BCUT2D eigenvalue weighted by atomic mass is 10.1. The molecule has 1 unspecified atom stereocenters. The van der Waals surface area contributed by atoms with Crippen LogP contribution in [-0.2, 0) is 0 Å². The minimum atomic E-state index is -0.646. The van der Waals surface area contributed by atoms with Crippen LogP contribution in [0.2, 0.25) is 0 Å². The lowest BCUT2D eigenvalue weighted by Crippen LogP contribution is -2.34. The van der Waals surface area contributed by atoms with Crippen molar-refractivity contribution in [3.63, 3.8) is 0 Å². The van der Waals surface area contributed by atoms with Crippen molar-refractivity contribution in [3.8, 4) is 11.1 Å². The number of rotatable bonds is 3. The molecule has 7 nitrogen and oxygen atoms in total. The van der Waals surface area contributed by atoms with Gasteiger partial charge in [-0.2, -0.15) is 0 Å².